The summed E-state index contributed by atoms with van der Waals surface area (Å²) in [5.41, 5.74) is 2.16. The molecule has 0 heterocycles. The van der Waals surface area contributed by atoms with Crippen LogP contribution in [0.5, 0.6) is 17.2 Å². The Morgan fingerprint density at radius 3 is 2.19 bits per heavy atom. The van der Waals surface area contributed by atoms with Crippen molar-refractivity contribution < 1.29 is 19.0 Å². The second-order valence-electron chi connectivity index (χ2n) is 5.76. The van der Waals surface area contributed by atoms with Crippen LogP contribution in [0.3, 0.4) is 0 Å². The molecule has 4 nitrogen and oxygen atoms in total. The molecule has 0 aliphatic carbocycles. The van der Waals surface area contributed by atoms with Gasteiger partial charge in [0.1, 0.15) is 29.4 Å². The van der Waals surface area contributed by atoms with Crippen LogP contribution >= 0.6 is 0 Å². The molecule has 3 rings (SSSR count). The van der Waals surface area contributed by atoms with Crippen LogP contribution in [-0.4, -0.2) is 13.1 Å². The maximum atomic E-state index is 12.8. The number of carbonyl (C=O) groups is 1. The number of rotatable bonds is 6. The highest BCUT2D eigenvalue weighted by Crippen LogP contribution is 2.31. The summed E-state index contributed by atoms with van der Waals surface area (Å²) in [4.78, 5) is 12.8. The molecule has 0 N–H and O–H groups in total. The maximum Gasteiger partial charge on any atom is 0.351 e. The van der Waals surface area contributed by atoms with Crippen molar-refractivity contribution in [3.05, 3.63) is 89.5 Å². The van der Waals surface area contributed by atoms with Crippen LogP contribution in [0.25, 0.3) is 0 Å². The third-order valence-electron chi connectivity index (χ3n) is 3.95. The average Bonchev–Trinajstić information content (AvgIpc) is 2.68. The van der Waals surface area contributed by atoms with Gasteiger partial charge in [-0.05, 0) is 36.2 Å². The van der Waals surface area contributed by atoms with Crippen molar-refractivity contribution in [2.45, 2.75) is 13.5 Å². The Balaban J connectivity index is 1.87. The highest BCUT2D eigenvalue weighted by atomic mass is 16.5. The van der Waals surface area contributed by atoms with E-state index >= 15 is 0 Å². The molecule has 3 aromatic rings. The average molecular weight is 348 g/mol. The molecule has 132 valence electrons. The van der Waals surface area contributed by atoms with Gasteiger partial charge < -0.3 is 14.2 Å². The van der Waals surface area contributed by atoms with Crippen LogP contribution in [0, 0.1) is 6.92 Å². The van der Waals surface area contributed by atoms with Crippen molar-refractivity contribution in [3.63, 3.8) is 0 Å². The summed E-state index contributed by atoms with van der Waals surface area (Å²) < 4.78 is 16.8. The quantitative estimate of drug-likeness (QED) is 0.474. The Morgan fingerprint density at radius 1 is 0.808 bits per heavy atom. The van der Waals surface area contributed by atoms with E-state index in [1.807, 2.05) is 55.5 Å². The van der Waals surface area contributed by atoms with Crippen molar-refractivity contribution in [2.75, 3.05) is 7.11 Å². The fourth-order valence-corrected chi connectivity index (χ4v) is 2.56. The first kappa shape index (κ1) is 17.5. The largest absolute Gasteiger partial charge is 0.496 e. The summed E-state index contributed by atoms with van der Waals surface area (Å²) in [5, 5.41) is 0. The van der Waals surface area contributed by atoms with Gasteiger partial charge in [-0.25, -0.2) is 4.79 Å². The molecule has 0 aliphatic heterocycles. The van der Waals surface area contributed by atoms with Gasteiger partial charge in [0.25, 0.3) is 0 Å². The van der Waals surface area contributed by atoms with Gasteiger partial charge in [0.2, 0.25) is 0 Å². The van der Waals surface area contributed by atoms with Crippen molar-refractivity contribution >= 4 is 5.97 Å². The molecule has 26 heavy (non-hydrogen) atoms. The monoisotopic (exact) mass is 348 g/mol. The minimum Gasteiger partial charge on any atom is -0.496 e. The van der Waals surface area contributed by atoms with E-state index in [1.54, 1.807) is 24.3 Å². The molecule has 3 aromatic carbocycles. The standard InChI is InChI=1S/C22H20O4/c1-16-9-6-7-12-18(16)26-22(23)21-19(24-2)13-8-14-20(21)25-15-17-10-4-3-5-11-17/h3-14H,15H2,1-2H3. The highest BCUT2D eigenvalue weighted by molar-refractivity contribution is 5.97. The number of hydrogen-bond acceptors (Lipinski definition) is 4. The molecule has 0 aromatic heterocycles. The second-order valence-corrected chi connectivity index (χ2v) is 5.76. The topological polar surface area (TPSA) is 44.8 Å². The summed E-state index contributed by atoms with van der Waals surface area (Å²) in [5.74, 6) is 0.832. The fourth-order valence-electron chi connectivity index (χ4n) is 2.56. The van der Waals surface area contributed by atoms with Crippen LogP contribution in [-0.2, 0) is 6.61 Å². The van der Waals surface area contributed by atoms with E-state index in [0.717, 1.165) is 11.1 Å². The zero-order valence-corrected chi connectivity index (χ0v) is 14.8. The molecule has 0 unspecified atom stereocenters. The van der Waals surface area contributed by atoms with Gasteiger partial charge in [-0.15, -0.1) is 0 Å². The molecular weight excluding hydrogens is 328 g/mol. The number of para-hydroxylation sites is 1. The normalized spacial score (nSPS) is 10.2. The Labute approximate surface area is 153 Å². The summed E-state index contributed by atoms with van der Waals surface area (Å²) in [6.45, 7) is 2.23. The van der Waals surface area contributed by atoms with Gasteiger partial charge in [-0.3, -0.25) is 0 Å². The van der Waals surface area contributed by atoms with Gasteiger partial charge in [0.05, 0.1) is 7.11 Å². The van der Waals surface area contributed by atoms with E-state index < -0.39 is 5.97 Å². The van der Waals surface area contributed by atoms with Crippen LogP contribution in [0.1, 0.15) is 21.5 Å². The minimum atomic E-state index is -0.514. The lowest BCUT2D eigenvalue weighted by molar-refractivity contribution is 0.0724. The van der Waals surface area contributed by atoms with Crippen molar-refractivity contribution in [1.29, 1.82) is 0 Å². The number of esters is 1. The number of carbonyl (C=O) groups excluding carboxylic acids is 1. The molecule has 0 amide bonds. The summed E-state index contributed by atoms with van der Waals surface area (Å²) >= 11 is 0. The number of hydrogen-bond donors (Lipinski definition) is 0. The van der Waals surface area contributed by atoms with Gasteiger partial charge in [0, 0.05) is 0 Å². The van der Waals surface area contributed by atoms with E-state index in [9.17, 15) is 4.79 Å². The van der Waals surface area contributed by atoms with Gasteiger partial charge in [-0.1, -0.05) is 54.6 Å². The summed E-state index contributed by atoms with van der Waals surface area (Å²) in [7, 11) is 1.51. The van der Waals surface area contributed by atoms with Crippen LogP contribution < -0.4 is 14.2 Å². The SMILES string of the molecule is COc1cccc(OCc2ccccc2)c1C(=O)Oc1ccccc1C. The van der Waals surface area contributed by atoms with Crippen LogP contribution in [0.4, 0.5) is 0 Å². The predicted molar refractivity (Wildman–Crippen MR) is 99.9 cm³/mol. The molecule has 0 radical (unpaired) electrons. The van der Waals surface area contributed by atoms with Crippen molar-refractivity contribution in [3.8, 4) is 17.2 Å². The highest BCUT2D eigenvalue weighted by Gasteiger charge is 2.21. The van der Waals surface area contributed by atoms with E-state index in [1.165, 1.54) is 7.11 Å². The Kier molecular flexibility index (Phi) is 5.54. The van der Waals surface area contributed by atoms with Gasteiger partial charge >= 0.3 is 5.97 Å². The lowest BCUT2D eigenvalue weighted by Gasteiger charge is -2.15. The predicted octanol–water partition coefficient (Wildman–Crippen LogP) is 4.80. The maximum absolute atomic E-state index is 12.8. The van der Waals surface area contributed by atoms with E-state index in [4.69, 9.17) is 14.2 Å². The first-order chi connectivity index (χ1) is 12.7. The van der Waals surface area contributed by atoms with Crippen molar-refractivity contribution in [1.82, 2.24) is 0 Å². The molecule has 0 saturated heterocycles. The number of benzene rings is 3. The molecule has 0 saturated carbocycles. The summed E-state index contributed by atoms with van der Waals surface area (Å²) in [6.07, 6.45) is 0. The molecule has 4 heteroatoms. The first-order valence-electron chi connectivity index (χ1n) is 8.30. The summed E-state index contributed by atoms with van der Waals surface area (Å²) in [6, 6.07) is 22.3. The lowest BCUT2D eigenvalue weighted by atomic mass is 10.1. The molecule has 0 aliphatic rings. The van der Waals surface area contributed by atoms with Crippen LogP contribution in [0.15, 0.2) is 72.8 Å². The minimum absolute atomic E-state index is 0.272. The van der Waals surface area contributed by atoms with Crippen LogP contribution in [0.2, 0.25) is 0 Å². The molecule has 0 bridgehead atoms. The molecule has 0 atom stereocenters. The first-order valence-corrected chi connectivity index (χ1v) is 8.30. The Bertz CT molecular complexity index is 888. The van der Waals surface area contributed by atoms with Gasteiger partial charge in [-0.2, -0.15) is 0 Å². The molecular formula is C22H20O4. The number of aryl methyl sites for hydroxylation is 1. The molecule has 0 spiro atoms. The van der Waals surface area contributed by atoms with E-state index in [-0.39, 0.29) is 5.56 Å². The third-order valence-corrected chi connectivity index (χ3v) is 3.95. The number of ether oxygens (including phenoxy) is 3. The fraction of sp³-hybridized carbons (Fsp3) is 0.136. The zero-order valence-electron chi connectivity index (χ0n) is 14.8. The zero-order chi connectivity index (χ0) is 18.4. The van der Waals surface area contributed by atoms with E-state index in [2.05, 4.69) is 0 Å². The van der Waals surface area contributed by atoms with Crippen molar-refractivity contribution in [2.24, 2.45) is 0 Å². The third kappa shape index (κ3) is 4.03. The Morgan fingerprint density at radius 2 is 1.46 bits per heavy atom. The van der Waals surface area contributed by atoms with Gasteiger partial charge in [0.15, 0.2) is 0 Å². The second kappa shape index (κ2) is 8.21. The lowest BCUT2D eigenvalue weighted by Crippen LogP contribution is -2.13. The van der Waals surface area contributed by atoms with E-state index in [0.29, 0.717) is 23.9 Å². The Hall–Kier alpha value is -3.27. The number of methoxy groups -OCH3 is 1. The smallest absolute Gasteiger partial charge is 0.351 e. The molecule has 0 fully saturated rings.